The summed E-state index contributed by atoms with van der Waals surface area (Å²) < 4.78 is 9.38. The number of anilines is 1. The lowest BCUT2D eigenvalue weighted by molar-refractivity contribution is -0.382. The van der Waals surface area contributed by atoms with E-state index in [0.717, 1.165) is 11.8 Å². The molecule has 0 bridgehead atoms. The second-order valence-corrected chi connectivity index (χ2v) is 5.92. The van der Waals surface area contributed by atoms with Crippen molar-refractivity contribution in [2.75, 3.05) is 18.5 Å². The van der Waals surface area contributed by atoms with Crippen LogP contribution in [0.25, 0.3) is 11.0 Å². The van der Waals surface area contributed by atoms with E-state index in [9.17, 15) is 19.7 Å². The number of nitro groups is 1. The Labute approximate surface area is 140 Å². The van der Waals surface area contributed by atoms with Crippen LogP contribution in [0.1, 0.15) is 20.3 Å². The number of esters is 1. The van der Waals surface area contributed by atoms with Crippen molar-refractivity contribution >= 4 is 45.3 Å². The van der Waals surface area contributed by atoms with E-state index < -0.39 is 10.9 Å². The molecule has 128 valence electrons. The SMILES string of the molecule is CC(=O)OCCCNc1cc(SC(C)=O)c2nonc2c1[N+](=O)[O-]. The van der Waals surface area contributed by atoms with Gasteiger partial charge in [-0.15, -0.1) is 0 Å². The van der Waals surface area contributed by atoms with Gasteiger partial charge in [0.1, 0.15) is 5.69 Å². The molecule has 1 N–H and O–H groups in total. The molecule has 2 rings (SSSR count). The van der Waals surface area contributed by atoms with Crippen molar-refractivity contribution in [1.82, 2.24) is 10.3 Å². The zero-order valence-corrected chi connectivity index (χ0v) is 13.7. The lowest BCUT2D eigenvalue weighted by Crippen LogP contribution is -2.09. The Morgan fingerprint density at radius 2 is 2.08 bits per heavy atom. The first-order valence-corrected chi connectivity index (χ1v) is 7.71. The Bertz CT molecular complexity index is 790. The van der Waals surface area contributed by atoms with Crippen molar-refractivity contribution in [2.24, 2.45) is 0 Å². The third-order valence-corrected chi connectivity index (χ3v) is 3.67. The highest BCUT2D eigenvalue weighted by Gasteiger charge is 2.26. The number of nitro benzene ring substituents is 1. The van der Waals surface area contributed by atoms with Gasteiger partial charge in [0.25, 0.3) is 0 Å². The van der Waals surface area contributed by atoms with Crippen molar-refractivity contribution < 1.29 is 23.9 Å². The summed E-state index contributed by atoms with van der Waals surface area (Å²) in [4.78, 5) is 33.2. The van der Waals surface area contributed by atoms with Crippen LogP contribution in [0.2, 0.25) is 0 Å². The predicted octanol–water partition coefficient (Wildman–Crippen LogP) is 2.13. The van der Waals surface area contributed by atoms with Crippen LogP contribution < -0.4 is 5.32 Å². The van der Waals surface area contributed by atoms with Crippen LogP contribution in [-0.4, -0.2) is 39.5 Å². The maximum atomic E-state index is 11.4. The highest BCUT2D eigenvalue weighted by atomic mass is 32.2. The number of benzene rings is 1. The maximum absolute atomic E-state index is 11.4. The molecule has 10 nitrogen and oxygen atoms in total. The fourth-order valence-corrected chi connectivity index (χ4v) is 2.68. The Hall–Kier alpha value is -2.69. The molecular formula is C13H14N4O6S. The third-order valence-electron chi connectivity index (χ3n) is 2.85. The number of hydrogen-bond acceptors (Lipinski definition) is 10. The average molecular weight is 354 g/mol. The molecule has 0 spiro atoms. The average Bonchev–Trinajstić information content (AvgIpc) is 2.94. The standard InChI is InChI=1S/C13H14N4O6S/c1-7(18)22-5-3-4-14-9-6-10(24-8(2)19)11-12(16-23-15-11)13(9)17(20)21/h6,14H,3-5H2,1-2H3. The molecule has 0 aliphatic carbocycles. The molecule has 1 heterocycles. The molecule has 0 fully saturated rings. The van der Waals surface area contributed by atoms with Crippen molar-refractivity contribution in [3.63, 3.8) is 0 Å². The molecule has 2 aromatic rings. The number of ether oxygens (including phenoxy) is 1. The molecule has 0 saturated heterocycles. The number of nitrogens with one attached hydrogen (secondary N) is 1. The van der Waals surface area contributed by atoms with Gasteiger partial charge in [-0.2, -0.15) is 0 Å². The van der Waals surface area contributed by atoms with E-state index >= 15 is 0 Å². The predicted molar refractivity (Wildman–Crippen MR) is 84.7 cm³/mol. The van der Waals surface area contributed by atoms with Gasteiger partial charge in [-0.05, 0) is 34.6 Å². The summed E-state index contributed by atoms with van der Waals surface area (Å²) in [6.07, 6.45) is 0.459. The Kier molecular flexibility index (Phi) is 5.68. The minimum absolute atomic E-state index is 0.0336. The van der Waals surface area contributed by atoms with Gasteiger partial charge in [-0.1, -0.05) is 0 Å². The largest absolute Gasteiger partial charge is 0.466 e. The van der Waals surface area contributed by atoms with Crippen LogP contribution in [0.4, 0.5) is 11.4 Å². The zero-order chi connectivity index (χ0) is 17.7. The second kappa shape index (κ2) is 7.73. The molecule has 0 saturated carbocycles. The van der Waals surface area contributed by atoms with Crippen LogP contribution in [-0.2, 0) is 14.3 Å². The first kappa shape index (κ1) is 17.7. The summed E-state index contributed by atoms with van der Waals surface area (Å²) in [5.74, 6) is -0.392. The van der Waals surface area contributed by atoms with Crippen LogP contribution in [0.15, 0.2) is 15.6 Å². The van der Waals surface area contributed by atoms with Gasteiger partial charge in [0.2, 0.25) is 5.52 Å². The van der Waals surface area contributed by atoms with E-state index in [4.69, 9.17) is 4.74 Å². The van der Waals surface area contributed by atoms with E-state index in [0.29, 0.717) is 17.9 Å². The number of carbonyl (C=O) groups excluding carboxylic acids is 2. The molecule has 0 atom stereocenters. The van der Waals surface area contributed by atoms with Gasteiger partial charge >= 0.3 is 11.7 Å². The van der Waals surface area contributed by atoms with E-state index in [1.807, 2.05) is 0 Å². The first-order chi connectivity index (χ1) is 11.4. The summed E-state index contributed by atoms with van der Waals surface area (Å²) in [6, 6.07) is 1.46. The number of fused-ring (bicyclic) bond motifs is 1. The molecule has 11 heteroatoms. The van der Waals surface area contributed by atoms with E-state index in [1.165, 1.54) is 19.9 Å². The smallest absolute Gasteiger partial charge is 0.323 e. The molecule has 1 aromatic carbocycles. The lowest BCUT2D eigenvalue weighted by Gasteiger charge is -2.09. The normalized spacial score (nSPS) is 10.6. The van der Waals surface area contributed by atoms with Gasteiger partial charge in [-0.3, -0.25) is 19.7 Å². The second-order valence-electron chi connectivity index (χ2n) is 4.70. The van der Waals surface area contributed by atoms with Crippen LogP contribution in [0.3, 0.4) is 0 Å². The Morgan fingerprint density at radius 3 is 2.71 bits per heavy atom. The van der Waals surface area contributed by atoms with Gasteiger partial charge in [0, 0.05) is 25.3 Å². The van der Waals surface area contributed by atoms with Crippen LogP contribution >= 0.6 is 11.8 Å². The Morgan fingerprint density at radius 1 is 1.38 bits per heavy atom. The monoisotopic (exact) mass is 354 g/mol. The first-order valence-electron chi connectivity index (χ1n) is 6.89. The summed E-state index contributed by atoms with van der Waals surface area (Å²) in [6.45, 7) is 3.20. The quantitative estimate of drug-likeness (QED) is 0.259. The number of hydrogen-bond donors (Lipinski definition) is 1. The van der Waals surface area contributed by atoms with Crippen LogP contribution in [0.5, 0.6) is 0 Å². The summed E-state index contributed by atoms with van der Waals surface area (Å²) >= 11 is 0.881. The molecule has 1 aromatic heterocycles. The fourth-order valence-electron chi connectivity index (χ4n) is 1.96. The number of nitrogens with zero attached hydrogens (tertiary/aromatic N) is 3. The molecule has 0 radical (unpaired) electrons. The summed E-state index contributed by atoms with van der Waals surface area (Å²) in [5.41, 5.74) is 0.0301. The highest BCUT2D eigenvalue weighted by molar-refractivity contribution is 8.13. The fraction of sp³-hybridized carbons (Fsp3) is 0.385. The van der Waals surface area contributed by atoms with Gasteiger partial charge in [-0.25, -0.2) is 4.63 Å². The van der Waals surface area contributed by atoms with Gasteiger partial charge < -0.3 is 10.1 Å². The van der Waals surface area contributed by atoms with Gasteiger partial charge in [0.15, 0.2) is 10.6 Å². The molecule has 0 aliphatic heterocycles. The van der Waals surface area contributed by atoms with Crippen LogP contribution in [0, 0.1) is 10.1 Å². The van der Waals surface area contributed by atoms with E-state index in [-0.39, 0.29) is 34.1 Å². The maximum Gasteiger partial charge on any atom is 0.323 e. The minimum atomic E-state index is -0.594. The lowest BCUT2D eigenvalue weighted by atomic mass is 10.2. The van der Waals surface area contributed by atoms with Crippen molar-refractivity contribution in [2.45, 2.75) is 25.2 Å². The Balaban J connectivity index is 2.28. The van der Waals surface area contributed by atoms with Crippen molar-refractivity contribution in [1.29, 1.82) is 0 Å². The zero-order valence-electron chi connectivity index (χ0n) is 12.9. The summed E-state index contributed by atoms with van der Waals surface area (Å²) in [7, 11) is 0. The summed E-state index contributed by atoms with van der Waals surface area (Å²) in [5, 5.41) is 21.3. The van der Waals surface area contributed by atoms with E-state index in [1.54, 1.807) is 0 Å². The molecular weight excluding hydrogens is 340 g/mol. The molecule has 0 unspecified atom stereocenters. The van der Waals surface area contributed by atoms with Crippen molar-refractivity contribution in [3.05, 3.63) is 16.2 Å². The highest BCUT2D eigenvalue weighted by Crippen LogP contribution is 2.38. The number of thioether (sulfide) groups is 1. The third kappa shape index (κ3) is 4.19. The number of rotatable bonds is 7. The van der Waals surface area contributed by atoms with Crippen molar-refractivity contribution in [3.8, 4) is 0 Å². The minimum Gasteiger partial charge on any atom is -0.466 e. The van der Waals surface area contributed by atoms with E-state index in [2.05, 4.69) is 20.3 Å². The molecule has 0 amide bonds. The molecule has 0 aliphatic rings. The number of aromatic nitrogens is 2. The van der Waals surface area contributed by atoms with Gasteiger partial charge in [0.05, 0.1) is 11.5 Å². The topological polar surface area (TPSA) is 137 Å². The number of carbonyl (C=O) groups is 2. The molecule has 24 heavy (non-hydrogen) atoms.